The number of likely N-dealkylation sites (tertiary alicyclic amines) is 1. The molecule has 3 heterocycles. The lowest BCUT2D eigenvalue weighted by Gasteiger charge is -2.23. The summed E-state index contributed by atoms with van der Waals surface area (Å²) in [5, 5.41) is 20.2. The molecule has 2 aromatic heterocycles. The predicted octanol–water partition coefficient (Wildman–Crippen LogP) is 0.720. The Labute approximate surface area is 117 Å². The molecule has 1 unspecified atom stereocenters. The van der Waals surface area contributed by atoms with Crippen molar-refractivity contribution in [3.05, 3.63) is 18.0 Å². The third-order valence-corrected chi connectivity index (χ3v) is 3.80. The lowest BCUT2D eigenvalue weighted by molar-refractivity contribution is 0.224. The SMILES string of the molecule is CC(C)n1nnnc1CN1CCCC1c1nncn1C. The molecule has 3 rings (SSSR count). The number of hydrogen-bond donors (Lipinski definition) is 0. The van der Waals surface area contributed by atoms with Gasteiger partial charge in [0.05, 0.1) is 18.6 Å². The maximum Gasteiger partial charge on any atom is 0.165 e. The van der Waals surface area contributed by atoms with Gasteiger partial charge >= 0.3 is 0 Å². The van der Waals surface area contributed by atoms with Gasteiger partial charge < -0.3 is 4.57 Å². The third kappa shape index (κ3) is 2.31. The number of nitrogens with zero attached hydrogens (tertiary/aromatic N) is 8. The second-order valence-electron chi connectivity index (χ2n) is 5.56. The molecule has 108 valence electrons. The van der Waals surface area contributed by atoms with E-state index < -0.39 is 0 Å². The fourth-order valence-electron chi connectivity index (χ4n) is 2.80. The van der Waals surface area contributed by atoms with Gasteiger partial charge in [-0.1, -0.05) is 0 Å². The highest BCUT2D eigenvalue weighted by Gasteiger charge is 2.30. The van der Waals surface area contributed by atoms with E-state index in [1.165, 1.54) is 6.42 Å². The smallest absolute Gasteiger partial charge is 0.165 e. The van der Waals surface area contributed by atoms with Crippen molar-refractivity contribution in [3.8, 4) is 0 Å². The van der Waals surface area contributed by atoms with Crippen LogP contribution in [0.25, 0.3) is 0 Å². The van der Waals surface area contributed by atoms with Gasteiger partial charge in [0, 0.05) is 7.05 Å². The number of aryl methyl sites for hydroxylation is 1. The fourth-order valence-corrected chi connectivity index (χ4v) is 2.80. The third-order valence-electron chi connectivity index (χ3n) is 3.80. The zero-order valence-corrected chi connectivity index (χ0v) is 12.1. The minimum atomic E-state index is 0.274. The van der Waals surface area contributed by atoms with Crippen molar-refractivity contribution in [2.45, 2.75) is 45.3 Å². The molecule has 8 nitrogen and oxygen atoms in total. The molecule has 1 saturated heterocycles. The lowest BCUT2D eigenvalue weighted by Crippen LogP contribution is -2.27. The van der Waals surface area contributed by atoms with Crippen LogP contribution < -0.4 is 0 Å². The van der Waals surface area contributed by atoms with Gasteiger partial charge in [-0.3, -0.25) is 4.90 Å². The Morgan fingerprint density at radius 1 is 1.35 bits per heavy atom. The average molecular weight is 276 g/mol. The monoisotopic (exact) mass is 276 g/mol. The van der Waals surface area contributed by atoms with Crippen LogP contribution in [0.2, 0.25) is 0 Å². The summed E-state index contributed by atoms with van der Waals surface area (Å²) in [7, 11) is 1.99. The van der Waals surface area contributed by atoms with Crippen LogP contribution in [0, 0.1) is 0 Å². The van der Waals surface area contributed by atoms with E-state index >= 15 is 0 Å². The molecule has 8 heteroatoms. The number of tetrazole rings is 1. The fraction of sp³-hybridized carbons (Fsp3) is 0.750. The molecule has 1 fully saturated rings. The number of aromatic nitrogens is 7. The van der Waals surface area contributed by atoms with Gasteiger partial charge in [-0.2, -0.15) is 0 Å². The van der Waals surface area contributed by atoms with Crippen LogP contribution in [0.15, 0.2) is 6.33 Å². The molecule has 20 heavy (non-hydrogen) atoms. The first kappa shape index (κ1) is 13.2. The summed E-state index contributed by atoms with van der Waals surface area (Å²) in [4.78, 5) is 2.38. The molecule has 1 atom stereocenters. The molecule has 0 spiro atoms. The van der Waals surface area contributed by atoms with Crippen LogP contribution in [0.5, 0.6) is 0 Å². The van der Waals surface area contributed by atoms with Crippen molar-refractivity contribution in [1.82, 2.24) is 39.9 Å². The van der Waals surface area contributed by atoms with Crippen LogP contribution in [0.3, 0.4) is 0 Å². The highest BCUT2D eigenvalue weighted by molar-refractivity contribution is 5.00. The van der Waals surface area contributed by atoms with E-state index in [0.29, 0.717) is 6.04 Å². The van der Waals surface area contributed by atoms with Crippen molar-refractivity contribution in [3.63, 3.8) is 0 Å². The van der Waals surface area contributed by atoms with E-state index in [1.54, 1.807) is 6.33 Å². The summed E-state index contributed by atoms with van der Waals surface area (Å²) in [6.07, 6.45) is 4.03. The number of hydrogen-bond acceptors (Lipinski definition) is 6. The molecular formula is C12H20N8. The second-order valence-corrected chi connectivity index (χ2v) is 5.56. The first-order valence-corrected chi connectivity index (χ1v) is 7.01. The minimum Gasteiger partial charge on any atom is -0.319 e. The van der Waals surface area contributed by atoms with Crippen molar-refractivity contribution >= 4 is 0 Å². The normalized spacial score (nSPS) is 20.1. The van der Waals surface area contributed by atoms with Gasteiger partial charge in [-0.15, -0.1) is 15.3 Å². The minimum absolute atomic E-state index is 0.274. The van der Waals surface area contributed by atoms with Crippen LogP contribution in [-0.4, -0.2) is 46.4 Å². The molecule has 1 aliphatic heterocycles. The van der Waals surface area contributed by atoms with Crippen molar-refractivity contribution < 1.29 is 0 Å². The summed E-state index contributed by atoms with van der Waals surface area (Å²) in [5.74, 6) is 1.93. The van der Waals surface area contributed by atoms with Gasteiger partial charge in [0.1, 0.15) is 12.2 Å². The molecule has 0 amide bonds. The topological polar surface area (TPSA) is 77.6 Å². The average Bonchev–Trinajstić information content (AvgIpc) is 3.10. The van der Waals surface area contributed by atoms with E-state index in [-0.39, 0.29) is 6.04 Å². The molecule has 0 N–H and O–H groups in total. The number of rotatable bonds is 4. The van der Waals surface area contributed by atoms with Gasteiger partial charge in [0.25, 0.3) is 0 Å². The largest absolute Gasteiger partial charge is 0.319 e. The van der Waals surface area contributed by atoms with Crippen molar-refractivity contribution in [2.24, 2.45) is 7.05 Å². The Balaban J connectivity index is 1.80. The zero-order chi connectivity index (χ0) is 14.1. The Bertz CT molecular complexity index is 572. The van der Waals surface area contributed by atoms with Crippen LogP contribution in [0.1, 0.15) is 50.4 Å². The summed E-state index contributed by atoms with van der Waals surface area (Å²) in [6.45, 7) is 5.97. The van der Waals surface area contributed by atoms with Gasteiger partial charge in [-0.05, 0) is 43.7 Å². The van der Waals surface area contributed by atoms with Gasteiger partial charge in [-0.25, -0.2) is 4.68 Å². The summed E-state index contributed by atoms with van der Waals surface area (Å²) in [6, 6.07) is 0.579. The summed E-state index contributed by atoms with van der Waals surface area (Å²) < 4.78 is 3.88. The van der Waals surface area contributed by atoms with E-state index in [2.05, 4.69) is 44.5 Å². The van der Waals surface area contributed by atoms with E-state index in [4.69, 9.17) is 0 Å². The zero-order valence-electron chi connectivity index (χ0n) is 12.1. The Hall–Kier alpha value is -1.83. The summed E-state index contributed by atoms with van der Waals surface area (Å²) >= 11 is 0. The first-order chi connectivity index (χ1) is 9.66. The quantitative estimate of drug-likeness (QED) is 0.819. The highest BCUT2D eigenvalue weighted by Crippen LogP contribution is 2.31. The lowest BCUT2D eigenvalue weighted by atomic mass is 10.2. The van der Waals surface area contributed by atoms with E-state index in [9.17, 15) is 0 Å². The summed E-state index contributed by atoms with van der Waals surface area (Å²) in [5.41, 5.74) is 0. The second kappa shape index (κ2) is 5.28. The van der Waals surface area contributed by atoms with Gasteiger partial charge in [0.15, 0.2) is 5.82 Å². The maximum absolute atomic E-state index is 4.25. The standard InChI is InChI=1S/C12H20N8/c1-9(2)20-11(14-16-17-20)7-19-6-4-5-10(19)12-15-13-8-18(12)3/h8-10H,4-7H2,1-3H3. The Kier molecular flexibility index (Phi) is 3.47. The van der Waals surface area contributed by atoms with E-state index in [0.717, 1.165) is 31.2 Å². The Morgan fingerprint density at radius 3 is 2.90 bits per heavy atom. The highest BCUT2D eigenvalue weighted by atomic mass is 15.6. The van der Waals surface area contributed by atoms with Crippen molar-refractivity contribution in [2.75, 3.05) is 6.54 Å². The molecule has 0 radical (unpaired) electrons. The molecule has 0 saturated carbocycles. The Morgan fingerprint density at radius 2 is 2.20 bits per heavy atom. The van der Waals surface area contributed by atoms with Gasteiger partial charge in [0.2, 0.25) is 0 Å². The van der Waals surface area contributed by atoms with Crippen LogP contribution in [0.4, 0.5) is 0 Å². The predicted molar refractivity (Wildman–Crippen MR) is 71.6 cm³/mol. The maximum atomic E-state index is 4.25. The molecule has 0 aromatic carbocycles. The molecule has 2 aromatic rings. The molecule has 1 aliphatic rings. The van der Waals surface area contributed by atoms with Crippen molar-refractivity contribution in [1.29, 1.82) is 0 Å². The van der Waals surface area contributed by atoms with Crippen LogP contribution in [-0.2, 0) is 13.6 Å². The molecule has 0 bridgehead atoms. The molecular weight excluding hydrogens is 256 g/mol. The van der Waals surface area contributed by atoms with E-state index in [1.807, 2.05) is 16.3 Å². The molecule has 0 aliphatic carbocycles. The van der Waals surface area contributed by atoms with Crippen LogP contribution >= 0.6 is 0 Å². The first-order valence-electron chi connectivity index (χ1n) is 7.01.